The van der Waals surface area contributed by atoms with Crippen LogP contribution >= 0.6 is 0 Å². The van der Waals surface area contributed by atoms with Gasteiger partial charge in [-0.3, -0.25) is 4.90 Å². The first-order valence-corrected chi connectivity index (χ1v) is 16.5. The van der Waals surface area contributed by atoms with Gasteiger partial charge >= 0.3 is 6.18 Å². The number of halogens is 3. The Balaban J connectivity index is 1.22. The number of hydrogen-bond acceptors (Lipinski definition) is 5. The minimum absolute atomic E-state index is 0.00688. The fourth-order valence-electron chi connectivity index (χ4n) is 6.85. The van der Waals surface area contributed by atoms with Crippen LogP contribution in [0, 0.1) is 5.92 Å². The number of benzene rings is 4. The molecular weight excluding hydrogens is 601 g/mol. The summed E-state index contributed by atoms with van der Waals surface area (Å²) in [5.74, 6) is 0.199. The van der Waals surface area contributed by atoms with E-state index in [2.05, 4.69) is 48.2 Å². The van der Waals surface area contributed by atoms with Crippen LogP contribution in [0.15, 0.2) is 115 Å². The number of para-hydroxylation sites is 1. The molecule has 0 amide bonds. The maximum absolute atomic E-state index is 13.8. The molecule has 2 aliphatic rings. The van der Waals surface area contributed by atoms with E-state index in [1.807, 2.05) is 59.5 Å². The zero-order valence-corrected chi connectivity index (χ0v) is 26.8. The molecule has 5 atom stereocenters. The summed E-state index contributed by atoms with van der Waals surface area (Å²) < 4.78 is 61.6. The Labute approximate surface area is 275 Å². The van der Waals surface area contributed by atoms with Gasteiger partial charge in [-0.15, -0.1) is 0 Å². The Morgan fingerprint density at radius 1 is 0.638 bits per heavy atom. The van der Waals surface area contributed by atoms with Crippen LogP contribution < -0.4 is 4.90 Å². The largest absolute Gasteiger partial charge is 0.418 e. The van der Waals surface area contributed by atoms with Crippen molar-refractivity contribution in [1.29, 1.82) is 0 Å². The topological polar surface area (TPSA) is 34.2 Å². The van der Waals surface area contributed by atoms with Crippen molar-refractivity contribution in [3.8, 4) is 0 Å². The Bertz CT molecular complexity index is 1520. The molecule has 8 heteroatoms. The smallest absolute Gasteiger partial charge is 0.371 e. The maximum atomic E-state index is 13.8. The Hall–Kier alpha value is -3.69. The highest BCUT2D eigenvalue weighted by Gasteiger charge is 2.45. The molecule has 4 aromatic carbocycles. The normalized spacial score (nSPS) is 23.7. The fourth-order valence-corrected chi connectivity index (χ4v) is 6.85. The molecule has 0 unspecified atom stereocenters. The molecule has 2 saturated heterocycles. The summed E-state index contributed by atoms with van der Waals surface area (Å²) in [6.07, 6.45) is -4.48. The van der Waals surface area contributed by atoms with Crippen LogP contribution in [0.2, 0.25) is 0 Å². The lowest BCUT2D eigenvalue weighted by Crippen LogP contribution is -2.63. The lowest BCUT2D eigenvalue weighted by atomic mass is 9.92. The van der Waals surface area contributed by atoms with E-state index >= 15 is 0 Å². The second kappa shape index (κ2) is 15.5. The number of anilines is 1. The molecule has 47 heavy (non-hydrogen) atoms. The maximum Gasteiger partial charge on any atom is 0.418 e. The molecule has 0 spiro atoms. The second-order valence-corrected chi connectivity index (χ2v) is 12.7. The number of piperidine rings is 1. The van der Waals surface area contributed by atoms with Gasteiger partial charge in [0.25, 0.3) is 0 Å². The zero-order valence-electron chi connectivity index (χ0n) is 26.8. The van der Waals surface area contributed by atoms with Gasteiger partial charge in [0.1, 0.15) is 12.2 Å². The molecule has 5 nitrogen and oxygen atoms in total. The molecule has 2 fully saturated rings. The van der Waals surface area contributed by atoms with Gasteiger partial charge in [0.2, 0.25) is 0 Å². The van der Waals surface area contributed by atoms with E-state index in [1.165, 1.54) is 12.1 Å². The molecule has 0 N–H and O–H groups in total. The van der Waals surface area contributed by atoms with Crippen LogP contribution in [-0.4, -0.2) is 55.4 Å². The van der Waals surface area contributed by atoms with E-state index in [1.54, 1.807) is 12.1 Å². The average molecular weight is 645 g/mol. The number of hydrogen-bond donors (Lipinski definition) is 0. The van der Waals surface area contributed by atoms with Crippen molar-refractivity contribution in [2.24, 2.45) is 5.92 Å². The molecule has 0 radical (unpaired) electrons. The van der Waals surface area contributed by atoms with E-state index in [9.17, 15) is 13.2 Å². The first-order chi connectivity index (χ1) is 22.8. The molecule has 2 aliphatic heterocycles. The van der Waals surface area contributed by atoms with Gasteiger partial charge in [-0.2, -0.15) is 13.2 Å². The van der Waals surface area contributed by atoms with Gasteiger partial charge in [-0.05, 0) is 48.1 Å². The Morgan fingerprint density at radius 3 is 1.72 bits per heavy atom. The van der Waals surface area contributed by atoms with Crippen molar-refractivity contribution >= 4 is 5.69 Å². The fraction of sp³-hybridized carbons (Fsp3) is 0.385. The van der Waals surface area contributed by atoms with Crippen LogP contribution in [0.1, 0.15) is 35.6 Å². The highest BCUT2D eigenvalue weighted by Crippen LogP contribution is 2.39. The summed E-state index contributed by atoms with van der Waals surface area (Å²) in [6, 6.07) is 36.2. The molecule has 4 aromatic rings. The number of likely N-dealkylation sites (tertiary alicyclic amines) is 1. The minimum atomic E-state index is -4.39. The highest BCUT2D eigenvalue weighted by atomic mass is 19.4. The second-order valence-electron chi connectivity index (χ2n) is 12.7. The molecule has 0 bridgehead atoms. The van der Waals surface area contributed by atoms with Gasteiger partial charge in [-0.1, -0.05) is 103 Å². The van der Waals surface area contributed by atoms with E-state index < -0.39 is 11.7 Å². The lowest BCUT2D eigenvalue weighted by Gasteiger charge is -2.48. The number of ether oxygens (including phenoxy) is 3. The lowest BCUT2D eigenvalue weighted by molar-refractivity contribution is -0.201. The van der Waals surface area contributed by atoms with Crippen LogP contribution in [0.5, 0.6) is 0 Å². The third kappa shape index (κ3) is 8.62. The van der Waals surface area contributed by atoms with Crippen LogP contribution in [0.3, 0.4) is 0 Å². The standard InChI is InChI=1S/C39H43F3N2O3/c1-29-37(46-27-31-15-7-3-8-16-31)38(47-28-32-17-9-4-10-18-32)36(45-26-30-13-5-2-6-14-30)25-44(29)24-33-21-22-43(23-33)35-20-12-11-19-34(35)39(40,41)42/h2-20,29,33,36-38H,21-28H2,1H3/t29-,33+,36+,37-,38-/m1/s1. The quantitative estimate of drug-likeness (QED) is 0.156. The van der Waals surface area contributed by atoms with E-state index in [0.29, 0.717) is 39.5 Å². The molecular formula is C39H43F3N2O3. The van der Waals surface area contributed by atoms with Crippen LogP contribution in [-0.2, 0) is 40.2 Å². The van der Waals surface area contributed by atoms with Gasteiger partial charge in [0.15, 0.2) is 0 Å². The molecule has 6 rings (SSSR count). The summed E-state index contributed by atoms with van der Waals surface area (Å²) in [5, 5.41) is 0. The van der Waals surface area contributed by atoms with Crippen molar-refractivity contribution in [1.82, 2.24) is 4.90 Å². The summed E-state index contributed by atoms with van der Waals surface area (Å²) >= 11 is 0. The summed E-state index contributed by atoms with van der Waals surface area (Å²) in [6.45, 7) is 6.00. The van der Waals surface area contributed by atoms with Crippen molar-refractivity contribution < 1.29 is 27.4 Å². The molecule has 0 saturated carbocycles. The third-order valence-electron chi connectivity index (χ3n) is 9.36. The molecule has 0 aromatic heterocycles. The number of nitrogens with zero attached hydrogens (tertiary/aromatic N) is 2. The summed E-state index contributed by atoms with van der Waals surface area (Å²) in [4.78, 5) is 4.29. The van der Waals surface area contributed by atoms with Gasteiger partial charge < -0.3 is 19.1 Å². The Kier molecular flexibility index (Phi) is 10.9. The van der Waals surface area contributed by atoms with E-state index in [4.69, 9.17) is 14.2 Å². The summed E-state index contributed by atoms with van der Waals surface area (Å²) in [7, 11) is 0. The molecule has 0 aliphatic carbocycles. The van der Waals surface area contributed by atoms with Crippen molar-refractivity contribution in [3.63, 3.8) is 0 Å². The first kappa shape index (κ1) is 33.2. The van der Waals surface area contributed by atoms with Gasteiger partial charge in [-0.25, -0.2) is 0 Å². The van der Waals surface area contributed by atoms with Crippen molar-refractivity contribution in [3.05, 3.63) is 138 Å². The Morgan fingerprint density at radius 2 is 1.15 bits per heavy atom. The van der Waals surface area contributed by atoms with E-state index in [-0.39, 0.29) is 36.0 Å². The highest BCUT2D eigenvalue weighted by molar-refractivity contribution is 5.55. The number of alkyl halides is 3. The molecule has 248 valence electrons. The van der Waals surface area contributed by atoms with Crippen molar-refractivity contribution in [2.75, 3.05) is 31.1 Å². The van der Waals surface area contributed by atoms with Crippen molar-refractivity contribution in [2.45, 2.75) is 63.7 Å². The predicted molar refractivity (Wildman–Crippen MR) is 178 cm³/mol. The average Bonchev–Trinajstić information content (AvgIpc) is 3.56. The third-order valence-corrected chi connectivity index (χ3v) is 9.36. The zero-order chi connectivity index (χ0) is 32.6. The summed E-state index contributed by atoms with van der Waals surface area (Å²) in [5.41, 5.74) is 2.92. The number of rotatable bonds is 12. The minimum Gasteiger partial charge on any atom is -0.371 e. The van der Waals surface area contributed by atoms with Gasteiger partial charge in [0, 0.05) is 37.9 Å². The SMILES string of the molecule is C[C@@H]1[C@@H](OCc2ccccc2)[C@H](OCc2ccccc2)[C@@H](OCc2ccccc2)CN1C[C@H]1CCN(c2ccccc2C(F)(F)F)C1. The van der Waals surface area contributed by atoms with E-state index in [0.717, 1.165) is 29.7 Å². The first-order valence-electron chi connectivity index (χ1n) is 16.5. The molecule has 2 heterocycles. The monoisotopic (exact) mass is 644 g/mol. The van der Waals surface area contributed by atoms with Gasteiger partial charge in [0.05, 0.1) is 31.5 Å². The predicted octanol–water partition coefficient (Wildman–Crippen LogP) is 7.99. The van der Waals surface area contributed by atoms with Crippen LogP contribution in [0.4, 0.5) is 18.9 Å². The van der Waals surface area contributed by atoms with Crippen LogP contribution in [0.25, 0.3) is 0 Å².